The fourth-order valence-electron chi connectivity index (χ4n) is 5.13. The van der Waals surface area contributed by atoms with E-state index in [1.54, 1.807) is 0 Å². The third-order valence-electron chi connectivity index (χ3n) is 6.25. The van der Waals surface area contributed by atoms with Crippen LogP contribution in [0.3, 0.4) is 0 Å². The molecule has 0 radical (unpaired) electrons. The van der Waals surface area contributed by atoms with Crippen LogP contribution in [0.2, 0.25) is 0 Å². The summed E-state index contributed by atoms with van der Waals surface area (Å²) < 4.78 is 0. The Kier molecular flexibility index (Phi) is 3.36. The Hall–Kier alpha value is -2.75. The summed E-state index contributed by atoms with van der Waals surface area (Å²) in [6.45, 7) is 0.388. The van der Waals surface area contributed by atoms with Crippen molar-refractivity contribution in [3.8, 4) is 0 Å². The zero-order chi connectivity index (χ0) is 17.8. The molecule has 3 aliphatic carbocycles. The highest BCUT2D eigenvalue weighted by atomic mass is 16.2. The number of carbonyl (C=O) groups excluding carboxylic acids is 3. The lowest BCUT2D eigenvalue weighted by atomic mass is 9.56. The van der Waals surface area contributed by atoms with E-state index >= 15 is 0 Å². The maximum Gasteiger partial charge on any atom is 0.234 e. The van der Waals surface area contributed by atoms with Crippen LogP contribution in [0.25, 0.3) is 0 Å². The van der Waals surface area contributed by atoms with E-state index in [1.165, 1.54) is 4.90 Å². The Labute approximate surface area is 151 Å². The van der Waals surface area contributed by atoms with Crippen molar-refractivity contribution < 1.29 is 14.4 Å². The molecule has 4 heteroatoms. The van der Waals surface area contributed by atoms with Crippen molar-refractivity contribution in [2.45, 2.75) is 24.7 Å². The highest BCUT2D eigenvalue weighted by Crippen LogP contribution is 2.57. The van der Waals surface area contributed by atoms with Gasteiger partial charge >= 0.3 is 0 Å². The van der Waals surface area contributed by atoms with E-state index in [9.17, 15) is 14.4 Å². The van der Waals surface area contributed by atoms with Gasteiger partial charge in [0.25, 0.3) is 0 Å². The summed E-state index contributed by atoms with van der Waals surface area (Å²) in [4.78, 5) is 40.2. The van der Waals surface area contributed by atoms with E-state index < -0.39 is 11.8 Å². The largest absolute Gasteiger partial charge is 0.299 e. The van der Waals surface area contributed by atoms with Crippen molar-refractivity contribution in [2.75, 3.05) is 6.54 Å². The van der Waals surface area contributed by atoms with Gasteiger partial charge in [-0.1, -0.05) is 54.6 Å². The van der Waals surface area contributed by atoms with Crippen LogP contribution in [0.15, 0.2) is 54.6 Å². The predicted octanol–water partition coefficient (Wildman–Crippen LogP) is 2.68. The maximum atomic E-state index is 13.1. The van der Waals surface area contributed by atoms with E-state index in [-0.39, 0.29) is 29.4 Å². The number of nitrogens with zero attached hydrogens (tertiary/aromatic N) is 1. The average Bonchev–Trinajstić information content (AvgIpc) is 2.93. The minimum atomic E-state index is -0.501. The zero-order valence-corrected chi connectivity index (χ0v) is 14.3. The van der Waals surface area contributed by atoms with Gasteiger partial charge < -0.3 is 0 Å². The molecule has 4 atom stereocenters. The maximum absolute atomic E-state index is 13.1. The minimum Gasteiger partial charge on any atom is -0.299 e. The van der Waals surface area contributed by atoms with Gasteiger partial charge in [-0.3, -0.25) is 19.3 Å². The Bertz CT molecular complexity index is 920. The Morgan fingerprint density at radius 2 is 1.46 bits per heavy atom. The fraction of sp³-hybridized carbons (Fsp3) is 0.318. The predicted molar refractivity (Wildman–Crippen MR) is 95.4 cm³/mol. The topological polar surface area (TPSA) is 54.5 Å². The lowest BCUT2D eigenvalue weighted by Crippen LogP contribution is -2.44. The van der Waals surface area contributed by atoms with Crippen molar-refractivity contribution in [1.29, 1.82) is 0 Å². The van der Waals surface area contributed by atoms with Crippen molar-refractivity contribution in [3.05, 3.63) is 71.3 Å². The number of likely N-dealkylation sites (tertiary alicyclic amines) is 1. The molecule has 2 aromatic carbocycles. The molecule has 2 amide bonds. The van der Waals surface area contributed by atoms with E-state index in [0.29, 0.717) is 19.4 Å². The lowest BCUT2D eigenvalue weighted by molar-refractivity contribution is -0.140. The molecule has 1 heterocycles. The summed E-state index contributed by atoms with van der Waals surface area (Å²) in [5.41, 5.74) is 3.15. The summed E-state index contributed by atoms with van der Waals surface area (Å²) in [6.07, 6.45) is 1.03. The van der Waals surface area contributed by atoms with Gasteiger partial charge in [-0.2, -0.15) is 0 Å². The number of imide groups is 1. The number of rotatable bonds is 3. The molecule has 2 bridgehead atoms. The third-order valence-corrected chi connectivity index (χ3v) is 6.25. The molecule has 0 N–H and O–H groups in total. The molecule has 1 saturated carbocycles. The smallest absolute Gasteiger partial charge is 0.234 e. The summed E-state index contributed by atoms with van der Waals surface area (Å²) >= 11 is 0. The fourth-order valence-corrected chi connectivity index (χ4v) is 5.13. The quantitative estimate of drug-likeness (QED) is 0.804. The molecular formula is C22H19NO3. The van der Waals surface area contributed by atoms with Gasteiger partial charge in [-0.25, -0.2) is 0 Å². The molecule has 2 aromatic rings. The van der Waals surface area contributed by atoms with E-state index in [2.05, 4.69) is 0 Å². The molecule has 26 heavy (non-hydrogen) atoms. The van der Waals surface area contributed by atoms with Crippen LogP contribution in [0.1, 0.15) is 34.9 Å². The lowest BCUT2D eigenvalue weighted by Gasteiger charge is -2.43. The average molecular weight is 345 g/mol. The summed E-state index contributed by atoms with van der Waals surface area (Å²) in [7, 11) is 0. The number of hydrogen-bond donors (Lipinski definition) is 0. The van der Waals surface area contributed by atoms with Gasteiger partial charge in [0.05, 0.1) is 17.8 Å². The molecule has 0 unspecified atom stereocenters. The number of carbonyl (C=O) groups is 3. The Balaban J connectivity index is 1.48. The molecule has 6 rings (SSSR count). The number of Topliss-reactive ketones (excluding diaryl/α,β-unsaturated/α-hetero) is 1. The number of ketones is 1. The van der Waals surface area contributed by atoms with Crippen LogP contribution in [0.5, 0.6) is 0 Å². The van der Waals surface area contributed by atoms with Crippen LogP contribution in [-0.4, -0.2) is 29.0 Å². The standard InChI is InChI=1S/C22H19NO3/c24-17-12-16-14-8-4-5-9-15(14)18(17)20-19(16)21(25)23(22(20)26)11-10-13-6-2-1-3-7-13/h1-9,16,18-20H,10-12H2/t16-,18+,19+,20+/m0/s1. The van der Waals surface area contributed by atoms with E-state index in [0.717, 1.165) is 16.7 Å². The summed E-state index contributed by atoms with van der Waals surface area (Å²) in [5.74, 6) is -1.59. The monoisotopic (exact) mass is 345 g/mol. The van der Waals surface area contributed by atoms with Gasteiger partial charge in [0.15, 0.2) is 0 Å². The first kappa shape index (κ1) is 15.5. The van der Waals surface area contributed by atoms with Crippen molar-refractivity contribution in [2.24, 2.45) is 11.8 Å². The Morgan fingerprint density at radius 3 is 2.23 bits per heavy atom. The second kappa shape index (κ2) is 5.63. The SMILES string of the molecule is O=C1C[C@H]2c3ccccc3[C@H]1[C@H]1C(=O)N(CCc3ccccc3)C(=O)[C@@H]12. The molecule has 1 aliphatic heterocycles. The number of fused-ring (bicyclic) bond motifs is 1. The highest BCUT2D eigenvalue weighted by Gasteiger charge is 2.62. The third kappa shape index (κ3) is 2.05. The molecular weight excluding hydrogens is 326 g/mol. The van der Waals surface area contributed by atoms with Crippen LogP contribution in [-0.2, 0) is 20.8 Å². The van der Waals surface area contributed by atoms with E-state index in [4.69, 9.17) is 0 Å². The minimum absolute atomic E-state index is 0.0899. The van der Waals surface area contributed by atoms with Crippen LogP contribution in [0.4, 0.5) is 0 Å². The zero-order valence-electron chi connectivity index (χ0n) is 14.3. The summed E-state index contributed by atoms with van der Waals surface area (Å²) in [6, 6.07) is 17.7. The molecule has 4 nitrogen and oxygen atoms in total. The normalized spacial score (nSPS) is 29.1. The molecule has 2 fully saturated rings. The van der Waals surface area contributed by atoms with Crippen molar-refractivity contribution in [3.63, 3.8) is 0 Å². The van der Waals surface area contributed by atoms with Crippen molar-refractivity contribution in [1.82, 2.24) is 4.90 Å². The molecule has 4 aliphatic rings. The first-order valence-electron chi connectivity index (χ1n) is 9.17. The van der Waals surface area contributed by atoms with Crippen LogP contribution < -0.4 is 0 Å². The van der Waals surface area contributed by atoms with Crippen molar-refractivity contribution >= 4 is 17.6 Å². The van der Waals surface area contributed by atoms with Gasteiger partial charge in [0, 0.05) is 18.9 Å². The Morgan fingerprint density at radius 1 is 0.808 bits per heavy atom. The number of benzene rings is 2. The van der Waals surface area contributed by atoms with Gasteiger partial charge in [-0.05, 0) is 23.1 Å². The van der Waals surface area contributed by atoms with Gasteiger partial charge in [0.1, 0.15) is 5.78 Å². The van der Waals surface area contributed by atoms with Gasteiger partial charge in [0.2, 0.25) is 11.8 Å². The van der Waals surface area contributed by atoms with E-state index in [1.807, 2.05) is 54.6 Å². The second-order valence-electron chi connectivity index (χ2n) is 7.50. The first-order valence-corrected chi connectivity index (χ1v) is 9.17. The first-order chi connectivity index (χ1) is 12.7. The highest BCUT2D eigenvalue weighted by molar-refractivity contribution is 6.11. The number of hydrogen-bond acceptors (Lipinski definition) is 3. The molecule has 1 saturated heterocycles. The second-order valence-corrected chi connectivity index (χ2v) is 7.50. The van der Waals surface area contributed by atoms with Crippen LogP contribution in [0, 0.1) is 11.8 Å². The summed E-state index contributed by atoms with van der Waals surface area (Å²) in [5, 5.41) is 0. The van der Waals surface area contributed by atoms with Crippen LogP contribution >= 0.6 is 0 Å². The molecule has 130 valence electrons. The molecule has 0 spiro atoms. The molecule has 0 aromatic heterocycles. The number of amides is 2. The van der Waals surface area contributed by atoms with Gasteiger partial charge in [-0.15, -0.1) is 0 Å².